The van der Waals surface area contributed by atoms with Crippen LogP contribution in [-0.4, -0.2) is 12.2 Å². The molecule has 17 heavy (non-hydrogen) atoms. The van der Waals surface area contributed by atoms with Crippen LogP contribution in [0.1, 0.15) is 17.2 Å². The molecule has 2 rings (SSSR count). The van der Waals surface area contributed by atoms with Crippen LogP contribution in [0.2, 0.25) is 0 Å². The van der Waals surface area contributed by atoms with Gasteiger partial charge in [-0.05, 0) is 39.5 Å². The van der Waals surface area contributed by atoms with Crippen molar-refractivity contribution in [3.63, 3.8) is 0 Å². The second-order valence-electron chi connectivity index (χ2n) is 3.46. The molecule has 2 nitrogen and oxygen atoms in total. The summed E-state index contributed by atoms with van der Waals surface area (Å²) in [4.78, 5) is 0. The van der Waals surface area contributed by atoms with Gasteiger partial charge in [0.2, 0.25) is 0 Å². The average Bonchev–Trinajstić information content (AvgIpc) is 2.74. The van der Waals surface area contributed by atoms with E-state index < -0.39 is 6.10 Å². The molecule has 1 unspecified atom stereocenters. The van der Waals surface area contributed by atoms with Crippen molar-refractivity contribution < 1.29 is 9.84 Å². The molecule has 0 amide bonds. The van der Waals surface area contributed by atoms with Gasteiger partial charge in [0.1, 0.15) is 11.9 Å². The predicted octanol–water partition coefficient (Wildman–Crippen LogP) is 4.36. The number of hydrogen-bond donors (Lipinski definition) is 1. The van der Waals surface area contributed by atoms with Crippen LogP contribution in [0.5, 0.6) is 5.75 Å². The Kier molecular flexibility index (Phi) is 4.25. The van der Waals surface area contributed by atoms with Crippen LogP contribution in [-0.2, 0) is 0 Å². The molecule has 5 heteroatoms. The van der Waals surface area contributed by atoms with Gasteiger partial charge in [-0.2, -0.15) is 11.3 Å². The Morgan fingerprint density at radius 2 is 2.00 bits per heavy atom. The van der Waals surface area contributed by atoms with E-state index in [4.69, 9.17) is 4.74 Å². The lowest BCUT2D eigenvalue weighted by atomic mass is 10.0. The van der Waals surface area contributed by atoms with Gasteiger partial charge in [0.15, 0.2) is 0 Å². The molecule has 0 aliphatic heterocycles. The molecule has 2 aromatic rings. The minimum absolute atomic E-state index is 0.679. The smallest absolute Gasteiger partial charge is 0.125 e. The first kappa shape index (κ1) is 13.1. The first-order valence-corrected chi connectivity index (χ1v) is 7.39. The fourth-order valence-electron chi connectivity index (χ4n) is 1.57. The molecule has 1 atom stereocenters. The van der Waals surface area contributed by atoms with Crippen molar-refractivity contribution >= 4 is 43.2 Å². The maximum absolute atomic E-state index is 10.4. The lowest BCUT2D eigenvalue weighted by Crippen LogP contribution is -2.02. The van der Waals surface area contributed by atoms with E-state index >= 15 is 0 Å². The van der Waals surface area contributed by atoms with Gasteiger partial charge in [-0.15, -0.1) is 0 Å². The third kappa shape index (κ3) is 2.73. The van der Waals surface area contributed by atoms with E-state index in [1.54, 1.807) is 18.4 Å². The van der Waals surface area contributed by atoms with Crippen LogP contribution in [0.25, 0.3) is 0 Å². The zero-order valence-corrected chi connectivity index (χ0v) is 13.0. The zero-order chi connectivity index (χ0) is 12.4. The number of aliphatic hydroxyl groups is 1. The van der Waals surface area contributed by atoms with Crippen LogP contribution >= 0.6 is 43.2 Å². The summed E-state index contributed by atoms with van der Waals surface area (Å²) >= 11 is 8.37. The Morgan fingerprint density at radius 3 is 2.59 bits per heavy atom. The highest BCUT2D eigenvalue weighted by atomic mass is 79.9. The van der Waals surface area contributed by atoms with E-state index in [0.717, 1.165) is 20.1 Å². The molecule has 0 radical (unpaired) electrons. The van der Waals surface area contributed by atoms with Crippen LogP contribution in [0, 0.1) is 0 Å². The highest BCUT2D eigenvalue weighted by Crippen LogP contribution is 2.36. The molecule has 1 heterocycles. The SMILES string of the molecule is COc1ccc(Br)cc1C(O)c1cscc1Br. The van der Waals surface area contributed by atoms with E-state index in [9.17, 15) is 5.11 Å². The topological polar surface area (TPSA) is 29.5 Å². The van der Waals surface area contributed by atoms with Crippen molar-refractivity contribution in [3.8, 4) is 5.75 Å². The Morgan fingerprint density at radius 1 is 1.24 bits per heavy atom. The fraction of sp³-hybridized carbons (Fsp3) is 0.167. The van der Waals surface area contributed by atoms with Crippen LogP contribution in [0.3, 0.4) is 0 Å². The molecule has 0 spiro atoms. The summed E-state index contributed by atoms with van der Waals surface area (Å²) in [7, 11) is 1.60. The summed E-state index contributed by atoms with van der Waals surface area (Å²) in [6.07, 6.45) is -0.692. The van der Waals surface area contributed by atoms with Crippen molar-refractivity contribution in [2.75, 3.05) is 7.11 Å². The fourth-order valence-corrected chi connectivity index (χ4v) is 3.48. The van der Waals surface area contributed by atoms with Gasteiger partial charge in [-0.25, -0.2) is 0 Å². The molecule has 0 fully saturated rings. The van der Waals surface area contributed by atoms with Crippen molar-refractivity contribution in [1.29, 1.82) is 0 Å². The van der Waals surface area contributed by atoms with Gasteiger partial charge in [0, 0.05) is 25.5 Å². The number of hydrogen-bond acceptors (Lipinski definition) is 3. The summed E-state index contributed by atoms with van der Waals surface area (Å²) in [6, 6.07) is 5.59. The number of ether oxygens (including phenoxy) is 1. The van der Waals surface area contributed by atoms with E-state index in [2.05, 4.69) is 31.9 Å². The monoisotopic (exact) mass is 376 g/mol. The van der Waals surface area contributed by atoms with E-state index in [1.165, 1.54) is 0 Å². The first-order chi connectivity index (χ1) is 8.13. The molecular weight excluding hydrogens is 368 g/mol. The highest BCUT2D eigenvalue weighted by Gasteiger charge is 2.18. The lowest BCUT2D eigenvalue weighted by Gasteiger charge is -2.15. The molecule has 90 valence electrons. The lowest BCUT2D eigenvalue weighted by molar-refractivity contribution is 0.214. The molecule has 0 saturated heterocycles. The van der Waals surface area contributed by atoms with Gasteiger partial charge in [0.05, 0.1) is 7.11 Å². The number of aliphatic hydroxyl groups excluding tert-OH is 1. The molecule has 1 aromatic carbocycles. The predicted molar refractivity (Wildman–Crippen MR) is 76.8 cm³/mol. The minimum Gasteiger partial charge on any atom is -0.496 e. The van der Waals surface area contributed by atoms with Crippen molar-refractivity contribution in [3.05, 3.63) is 49.0 Å². The van der Waals surface area contributed by atoms with Crippen molar-refractivity contribution in [1.82, 2.24) is 0 Å². The Bertz CT molecular complexity index is 525. The summed E-state index contributed by atoms with van der Waals surface area (Å²) in [6.45, 7) is 0. The third-order valence-electron chi connectivity index (χ3n) is 2.42. The van der Waals surface area contributed by atoms with Gasteiger partial charge < -0.3 is 9.84 Å². The van der Waals surface area contributed by atoms with Gasteiger partial charge in [0.25, 0.3) is 0 Å². The molecule has 1 aromatic heterocycles. The molecule has 0 aliphatic rings. The minimum atomic E-state index is -0.692. The largest absolute Gasteiger partial charge is 0.496 e. The van der Waals surface area contributed by atoms with Gasteiger partial charge in [-0.1, -0.05) is 15.9 Å². The van der Waals surface area contributed by atoms with Crippen molar-refractivity contribution in [2.24, 2.45) is 0 Å². The van der Waals surface area contributed by atoms with E-state index in [0.29, 0.717) is 5.75 Å². The standard InChI is InChI=1S/C12H10Br2O2S/c1-16-11-3-2-7(13)4-8(11)12(15)9-5-17-6-10(9)14/h2-6,12,15H,1H3. The first-order valence-electron chi connectivity index (χ1n) is 4.86. The highest BCUT2D eigenvalue weighted by molar-refractivity contribution is 9.10. The number of halogens is 2. The summed E-state index contributed by atoms with van der Waals surface area (Å²) < 4.78 is 7.10. The number of thiophene rings is 1. The average molecular weight is 378 g/mol. The number of methoxy groups -OCH3 is 1. The number of benzene rings is 1. The summed E-state index contributed by atoms with van der Waals surface area (Å²) in [5.74, 6) is 0.679. The van der Waals surface area contributed by atoms with Crippen molar-refractivity contribution in [2.45, 2.75) is 6.10 Å². The molecule has 0 bridgehead atoms. The summed E-state index contributed by atoms with van der Waals surface area (Å²) in [5, 5.41) is 14.2. The quantitative estimate of drug-likeness (QED) is 0.860. The maximum Gasteiger partial charge on any atom is 0.125 e. The molecule has 1 N–H and O–H groups in total. The molecular formula is C12H10Br2O2S. The maximum atomic E-state index is 10.4. The Balaban J connectivity index is 2.46. The summed E-state index contributed by atoms with van der Waals surface area (Å²) in [5.41, 5.74) is 1.60. The van der Waals surface area contributed by atoms with Crippen LogP contribution < -0.4 is 4.74 Å². The van der Waals surface area contributed by atoms with E-state index in [1.807, 2.05) is 29.0 Å². The van der Waals surface area contributed by atoms with Crippen LogP contribution in [0.4, 0.5) is 0 Å². The van der Waals surface area contributed by atoms with Crippen LogP contribution in [0.15, 0.2) is 37.9 Å². The second-order valence-corrected chi connectivity index (χ2v) is 5.98. The second kappa shape index (κ2) is 5.52. The number of rotatable bonds is 3. The third-order valence-corrected chi connectivity index (χ3v) is 4.67. The van der Waals surface area contributed by atoms with Gasteiger partial charge in [-0.3, -0.25) is 0 Å². The Hall–Kier alpha value is -0.360. The molecule has 0 saturated carbocycles. The zero-order valence-electron chi connectivity index (χ0n) is 8.98. The molecule has 0 aliphatic carbocycles. The normalized spacial score (nSPS) is 12.5. The van der Waals surface area contributed by atoms with Gasteiger partial charge >= 0.3 is 0 Å². The van der Waals surface area contributed by atoms with E-state index in [-0.39, 0.29) is 0 Å². The Labute approximate surface area is 121 Å².